The number of rotatable bonds is 5. The Bertz CT molecular complexity index is 621. The average molecular weight is 295 g/mol. The molecule has 1 aliphatic heterocycles. The van der Waals surface area contributed by atoms with E-state index in [0.29, 0.717) is 12.1 Å². The lowest BCUT2D eigenvalue weighted by atomic mass is 10.1. The summed E-state index contributed by atoms with van der Waals surface area (Å²) >= 11 is 0. The third-order valence-corrected chi connectivity index (χ3v) is 3.97. The molecule has 1 aromatic carbocycles. The molecule has 0 aliphatic carbocycles. The molecular weight excluding hydrogens is 274 g/mol. The highest BCUT2D eigenvalue weighted by Crippen LogP contribution is 2.14. The van der Waals surface area contributed by atoms with Gasteiger partial charge in [-0.3, -0.25) is 14.7 Å². The highest BCUT2D eigenvalue weighted by molar-refractivity contribution is 5.93. The summed E-state index contributed by atoms with van der Waals surface area (Å²) in [7, 11) is 0. The largest absolute Gasteiger partial charge is 0.348 e. The second-order valence-electron chi connectivity index (χ2n) is 5.73. The maximum atomic E-state index is 12.0. The van der Waals surface area contributed by atoms with Crippen molar-refractivity contribution in [3.05, 3.63) is 65.5 Å². The van der Waals surface area contributed by atoms with Gasteiger partial charge in [0.05, 0.1) is 5.56 Å². The number of aromatic nitrogens is 1. The van der Waals surface area contributed by atoms with Crippen LogP contribution in [0.5, 0.6) is 0 Å². The van der Waals surface area contributed by atoms with Crippen LogP contribution in [-0.4, -0.2) is 28.9 Å². The minimum atomic E-state index is -0.0851. The first-order chi connectivity index (χ1) is 10.8. The molecule has 1 aliphatic rings. The van der Waals surface area contributed by atoms with Gasteiger partial charge in [-0.15, -0.1) is 0 Å². The predicted octanol–water partition coefficient (Wildman–Crippen LogP) is 2.61. The van der Waals surface area contributed by atoms with E-state index in [-0.39, 0.29) is 5.91 Å². The van der Waals surface area contributed by atoms with E-state index < -0.39 is 0 Å². The van der Waals surface area contributed by atoms with Gasteiger partial charge in [-0.25, -0.2) is 0 Å². The van der Waals surface area contributed by atoms with Crippen LogP contribution < -0.4 is 5.32 Å². The van der Waals surface area contributed by atoms with Crippen LogP contribution in [0.2, 0.25) is 0 Å². The van der Waals surface area contributed by atoms with Crippen LogP contribution in [0.1, 0.15) is 34.3 Å². The number of amides is 1. The minimum Gasteiger partial charge on any atom is -0.348 e. The predicted molar refractivity (Wildman–Crippen MR) is 86.4 cm³/mol. The molecule has 0 radical (unpaired) electrons. The van der Waals surface area contributed by atoms with E-state index in [4.69, 9.17) is 0 Å². The number of benzene rings is 1. The van der Waals surface area contributed by atoms with Crippen molar-refractivity contribution in [3.8, 4) is 0 Å². The number of likely N-dealkylation sites (tertiary alicyclic amines) is 1. The molecular formula is C18H21N3O. The van der Waals surface area contributed by atoms with E-state index in [1.165, 1.54) is 31.5 Å². The molecule has 4 nitrogen and oxygen atoms in total. The van der Waals surface area contributed by atoms with Gasteiger partial charge in [-0.1, -0.05) is 24.3 Å². The van der Waals surface area contributed by atoms with Crippen LogP contribution in [0, 0.1) is 0 Å². The fourth-order valence-corrected chi connectivity index (χ4v) is 2.82. The van der Waals surface area contributed by atoms with Gasteiger partial charge in [0, 0.05) is 25.5 Å². The molecule has 114 valence electrons. The normalized spacial score (nSPS) is 14.9. The number of hydrogen-bond donors (Lipinski definition) is 1. The van der Waals surface area contributed by atoms with Crippen LogP contribution in [-0.2, 0) is 13.1 Å². The van der Waals surface area contributed by atoms with Crippen LogP contribution in [0.4, 0.5) is 0 Å². The Kier molecular flexibility index (Phi) is 4.81. The molecule has 0 saturated carbocycles. The van der Waals surface area contributed by atoms with Gasteiger partial charge < -0.3 is 5.32 Å². The summed E-state index contributed by atoms with van der Waals surface area (Å²) in [6, 6.07) is 12.0. The smallest absolute Gasteiger partial charge is 0.253 e. The first-order valence-corrected chi connectivity index (χ1v) is 7.80. The van der Waals surface area contributed by atoms with Gasteiger partial charge in [-0.05, 0) is 49.2 Å². The van der Waals surface area contributed by atoms with E-state index in [0.717, 1.165) is 12.1 Å². The van der Waals surface area contributed by atoms with Crippen molar-refractivity contribution in [3.63, 3.8) is 0 Å². The standard InChI is InChI=1S/C18H21N3O/c22-18(17-7-4-8-19-13-17)20-12-15-5-3-6-16(11-15)14-21-9-1-2-10-21/h3-8,11,13H,1-2,9-10,12,14H2,(H,20,22). The van der Waals surface area contributed by atoms with Crippen molar-refractivity contribution in [2.45, 2.75) is 25.9 Å². The molecule has 4 heteroatoms. The summed E-state index contributed by atoms with van der Waals surface area (Å²) in [5.41, 5.74) is 3.04. The number of pyridine rings is 1. The Balaban J connectivity index is 1.57. The number of nitrogens with one attached hydrogen (secondary N) is 1. The van der Waals surface area contributed by atoms with Crippen molar-refractivity contribution in [2.24, 2.45) is 0 Å². The zero-order valence-electron chi connectivity index (χ0n) is 12.7. The molecule has 22 heavy (non-hydrogen) atoms. The SMILES string of the molecule is O=C(NCc1cccc(CN2CCCC2)c1)c1cccnc1. The van der Waals surface area contributed by atoms with Crippen molar-refractivity contribution in [1.29, 1.82) is 0 Å². The van der Waals surface area contributed by atoms with Gasteiger partial charge in [0.25, 0.3) is 5.91 Å². The summed E-state index contributed by atoms with van der Waals surface area (Å²) in [6.07, 6.45) is 5.86. The second-order valence-corrected chi connectivity index (χ2v) is 5.73. The number of hydrogen-bond acceptors (Lipinski definition) is 3. The van der Waals surface area contributed by atoms with Crippen molar-refractivity contribution in [2.75, 3.05) is 13.1 Å². The summed E-state index contributed by atoms with van der Waals surface area (Å²) in [4.78, 5) is 18.5. The Labute approximate surface area is 131 Å². The van der Waals surface area contributed by atoms with E-state index in [1.807, 2.05) is 0 Å². The molecule has 3 rings (SSSR count). The topological polar surface area (TPSA) is 45.2 Å². The van der Waals surface area contributed by atoms with E-state index in [2.05, 4.69) is 39.5 Å². The lowest BCUT2D eigenvalue weighted by molar-refractivity contribution is 0.0950. The molecule has 0 bridgehead atoms. The van der Waals surface area contributed by atoms with Gasteiger partial charge >= 0.3 is 0 Å². The number of nitrogens with zero attached hydrogens (tertiary/aromatic N) is 2. The fraction of sp³-hybridized carbons (Fsp3) is 0.333. The fourth-order valence-electron chi connectivity index (χ4n) is 2.82. The molecule has 1 N–H and O–H groups in total. The maximum absolute atomic E-state index is 12.0. The third-order valence-electron chi connectivity index (χ3n) is 3.97. The molecule has 0 unspecified atom stereocenters. The summed E-state index contributed by atoms with van der Waals surface area (Å²) < 4.78 is 0. The number of carbonyl (C=O) groups excluding carboxylic acids is 1. The minimum absolute atomic E-state index is 0.0851. The van der Waals surface area contributed by atoms with Crippen molar-refractivity contribution >= 4 is 5.91 Å². The molecule has 0 atom stereocenters. The third kappa shape index (κ3) is 3.92. The lowest BCUT2D eigenvalue weighted by Gasteiger charge is -2.15. The van der Waals surface area contributed by atoms with Gasteiger partial charge in [0.1, 0.15) is 0 Å². The maximum Gasteiger partial charge on any atom is 0.253 e. The Morgan fingerprint density at radius 1 is 1.14 bits per heavy atom. The molecule has 1 fully saturated rings. The summed E-state index contributed by atoms with van der Waals surface area (Å²) in [6.45, 7) is 3.94. The summed E-state index contributed by atoms with van der Waals surface area (Å²) in [5, 5.41) is 2.94. The van der Waals surface area contributed by atoms with Gasteiger partial charge in [0.15, 0.2) is 0 Å². The average Bonchev–Trinajstić information content (AvgIpc) is 3.07. The van der Waals surface area contributed by atoms with Crippen molar-refractivity contribution in [1.82, 2.24) is 15.2 Å². The zero-order chi connectivity index (χ0) is 15.2. The highest BCUT2D eigenvalue weighted by Gasteiger charge is 2.12. The van der Waals surface area contributed by atoms with Crippen LogP contribution >= 0.6 is 0 Å². The molecule has 0 spiro atoms. The van der Waals surface area contributed by atoms with E-state index in [9.17, 15) is 4.79 Å². The Morgan fingerprint density at radius 3 is 2.73 bits per heavy atom. The molecule has 1 aromatic heterocycles. The van der Waals surface area contributed by atoms with Crippen LogP contribution in [0.15, 0.2) is 48.8 Å². The van der Waals surface area contributed by atoms with Crippen LogP contribution in [0.3, 0.4) is 0 Å². The zero-order valence-corrected chi connectivity index (χ0v) is 12.7. The molecule has 1 amide bonds. The number of carbonyl (C=O) groups is 1. The molecule has 2 heterocycles. The van der Waals surface area contributed by atoms with Crippen molar-refractivity contribution < 1.29 is 4.79 Å². The monoisotopic (exact) mass is 295 g/mol. The molecule has 2 aromatic rings. The molecule has 1 saturated heterocycles. The quantitative estimate of drug-likeness (QED) is 0.922. The van der Waals surface area contributed by atoms with E-state index >= 15 is 0 Å². The Hall–Kier alpha value is -2.20. The first kappa shape index (κ1) is 14.7. The summed E-state index contributed by atoms with van der Waals surface area (Å²) in [5.74, 6) is -0.0851. The first-order valence-electron chi connectivity index (χ1n) is 7.80. The Morgan fingerprint density at radius 2 is 1.95 bits per heavy atom. The lowest BCUT2D eigenvalue weighted by Crippen LogP contribution is -2.23. The van der Waals surface area contributed by atoms with E-state index in [1.54, 1.807) is 24.5 Å². The van der Waals surface area contributed by atoms with Crippen LogP contribution in [0.25, 0.3) is 0 Å². The highest BCUT2D eigenvalue weighted by atomic mass is 16.1. The second kappa shape index (κ2) is 7.18. The van der Waals surface area contributed by atoms with Gasteiger partial charge in [-0.2, -0.15) is 0 Å². The van der Waals surface area contributed by atoms with Gasteiger partial charge in [0.2, 0.25) is 0 Å².